The number of hydrogen-bond donors (Lipinski definition) is 2. The molecule has 0 bridgehead atoms. The highest BCUT2D eigenvalue weighted by molar-refractivity contribution is 7.98. The maximum Gasteiger partial charge on any atom is 0.170 e. The Balaban J connectivity index is 1.28. The molecule has 0 aromatic heterocycles. The topological polar surface area (TPSA) is 33.3 Å². The third-order valence-electron chi connectivity index (χ3n) is 4.68. The largest absolute Gasteiger partial charge is 0.490 e. The van der Waals surface area contributed by atoms with Crippen LogP contribution < -0.4 is 15.4 Å². The van der Waals surface area contributed by atoms with Gasteiger partial charge >= 0.3 is 0 Å². The van der Waals surface area contributed by atoms with Crippen LogP contribution in [0.1, 0.15) is 37.7 Å². The number of thiocarbonyl (C=S) groups is 1. The van der Waals surface area contributed by atoms with Crippen LogP contribution in [-0.2, 0) is 5.75 Å². The Kier molecular flexibility index (Phi) is 8.42. The normalized spacial score (nSPS) is 14.0. The van der Waals surface area contributed by atoms with Crippen molar-refractivity contribution >= 4 is 34.8 Å². The summed E-state index contributed by atoms with van der Waals surface area (Å²) in [7, 11) is 0. The van der Waals surface area contributed by atoms with E-state index >= 15 is 0 Å². The fraction of sp³-hybridized carbons (Fsp3) is 0.409. The molecular formula is C22H27FN2OS2. The SMILES string of the molecule is Fc1ccccc1CSCCCNC(=S)Nc1ccc(OC2CCCC2)cc1. The highest BCUT2D eigenvalue weighted by atomic mass is 32.2. The van der Waals surface area contributed by atoms with Gasteiger partial charge in [-0.3, -0.25) is 0 Å². The van der Waals surface area contributed by atoms with Crippen molar-refractivity contribution in [2.24, 2.45) is 0 Å². The second-order valence-electron chi connectivity index (χ2n) is 6.93. The van der Waals surface area contributed by atoms with E-state index in [1.54, 1.807) is 17.8 Å². The lowest BCUT2D eigenvalue weighted by atomic mass is 10.2. The molecule has 150 valence electrons. The van der Waals surface area contributed by atoms with Crippen LogP contribution in [0, 0.1) is 5.82 Å². The lowest BCUT2D eigenvalue weighted by molar-refractivity contribution is 0.210. The molecule has 2 aromatic rings. The van der Waals surface area contributed by atoms with Gasteiger partial charge in [-0.1, -0.05) is 18.2 Å². The fourth-order valence-corrected chi connectivity index (χ4v) is 4.33. The van der Waals surface area contributed by atoms with Crippen molar-refractivity contribution in [3.05, 3.63) is 59.9 Å². The summed E-state index contributed by atoms with van der Waals surface area (Å²) in [6.45, 7) is 0.791. The van der Waals surface area contributed by atoms with E-state index in [1.807, 2.05) is 36.4 Å². The van der Waals surface area contributed by atoms with Gasteiger partial charge in [0, 0.05) is 18.0 Å². The number of nitrogens with one attached hydrogen (secondary N) is 2. The van der Waals surface area contributed by atoms with E-state index in [1.165, 1.54) is 18.9 Å². The molecule has 2 N–H and O–H groups in total. The first-order chi connectivity index (χ1) is 13.7. The van der Waals surface area contributed by atoms with Gasteiger partial charge in [0.25, 0.3) is 0 Å². The lowest BCUT2D eigenvalue weighted by Crippen LogP contribution is -2.29. The zero-order valence-electron chi connectivity index (χ0n) is 16.0. The Labute approximate surface area is 176 Å². The van der Waals surface area contributed by atoms with E-state index in [-0.39, 0.29) is 5.82 Å². The average molecular weight is 419 g/mol. The Morgan fingerprint density at radius 3 is 2.61 bits per heavy atom. The molecule has 0 saturated heterocycles. The first-order valence-corrected chi connectivity index (χ1v) is 11.4. The number of halogens is 1. The molecule has 0 radical (unpaired) electrons. The molecule has 1 aliphatic carbocycles. The van der Waals surface area contributed by atoms with Crippen LogP contribution in [0.5, 0.6) is 5.75 Å². The van der Waals surface area contributed by atoms with Crippen molar-refractivity contribution in [2.75, 3.05) is 17.6 Å². The predicted octanol–water partition coefficient (Wildman–Crippen LogP) is 5.76. The molecule has 2 aromatic carbocycles. The maximum absolute atomic E-state index is 13.5. The number of anilines is 1. The summed E-state index contributed by atoms with van der Waals surface area (Å²) in [5.41, 5.74) is 1.71. The van der Waals surface area contributed by atoms with Gasteiger partial charge in [0.15, 0.2) is 5.11 Å². The van der Waals surface area contributed by atoms with Crippen molar-refractivity contribution in [3.8, 4) is 5.75 Å². The van der Waals surface area contributed by atoms with Gasteiger partial charge in [-0.05, 0) is 86.0 Å². The monoisotopic (exact) mass is 418 g/mol. The van der Waals surface area contributed by atoms with Crippen molar-refractivity contribution in [2.45, 2.75) is 44.0 Å². The number of thioether (sulfide) groups is 1. The van der Waals surface area contributed by atoms with E-state index in [0.717, 1.165) is 48.6 Å². The molecule has 1 saturated carbocycles. The highest BCUT2D eigenvalue weighted by Crippen LogP contribution is 2.25. The van der Waals surface area contributed by atoms with Gasteiger partial charge in [0.05, 0.1) is 6.10 Å². The quantitative estimate of drug-likeness (QED) is 0.400. The summed E-state index contributed by atoms with van der Waals surface area (Å²) in [5, 5.41) is 7.03. The number of hydrogen-bond acceptors (Lipinski definition) is 3. The van der Waals surface area contributed by atoms with Gasteiger partial charge in [-0.2, -0.15) is 11.8 Å². The van der Waals surface area contributed by atoms with E-state index in [9.17, 15) is 4.39 Å². The molecule has 0 amide bonds. The molecule has 3 nitrogen and oxygen atoms in total. The third-order valence-corrected chi connectivity index (χ3v) is 6.02. The number of rotatable bonds is 9. The number of benzene rings is 2. The van der Waals surface area contributed by atoms with Crippen LogP contribution in [-0.4, -0.2) is 23.5 Å². The molecule has 0 spiro atoms. The number of ether oxygens (including phenoxy) is 1. The molecule has 0 heterocycles. The van der Waals surface area contributed by atoms with Crippen molar-refractivity contribution < 1.29 is 9.13 Å². The van der Waals surface area contributed by atoms with Crippen LogP contribution in [0.25, 0.3) is 0 Å². The van der Waals surface area contributed by atoms with E-state index in [2.05, 4.69) is 10.6 Å². The zero-order chi connectivity index (χ0) is 19.6. The second-order valence-corrected chi connectivity index (χ2v) is 8.44. The van der Waals surface area contributed by atoms with E-state index in [0.29, 0.717) is 17.0 Å². The minimum absolute atomic E-state index is 0.127. The summed E-state index contributed by atoms with van der Waals surface area (Å²) in [4.78, 5) is 0. The molecule has 0 atom stereocenters. The fourth-order valence-electron chi connectivity index (χ4n) is 3.16. The van der Waals surface area contributed by atoms with Crippen molar-refractivity contribution in [1.82, 2.24) is 5.32 Å². The van der Waals surface area contributed by atoms with Crippen LogP contribution in [0.2, 0.25) is 0 Å². The highest BCUT2D eigenvalue weighted by Gasteiger charge is 2.16. The van der Waals surface area contributed by atoms with Crippen molar-refractivity contribution in [1.29, 1.82) is 0 Å². The van der Waals surface area contributed by atoms with E-state index in [4.69, 9.17) is 17.0 Å². The molecule has 0 unspecified atom stereocenters. The summed E-state index contributed by atoms with van der Waals surface area (Å²) in [6.07, 6.45) is 6.20. The maximum atomic E-state index is 13.5. The summed E-state index contributed by atoms with van der Waals surface area (Å²) < 4.78 is 19.5. The smallest absolute Gasteiger partial charge is 0.170 e. The lowest BCUT2D eigenvalue weighted by Gasteiger charge is -2.14. The molecule has 3 rings (SSSR count). The van der Waals surface area contributed by atoms with Crippen LogP contribution >= 0.6 is 24.0 Å². The Bertz CT molecular complexity index is 748. The van der Waals surface area contributed by atoms with Gasteiger partial charge in [-0.25, -0.2) is 4.39 Å². The summed E-state index contributed by atoms with van der Waals surface area (Å²) in [5.74, 6) is 2.45. The molecular weight excluding hydrogens is 391 g/mol. The molecule has 1 aliphatic rings. The van der Waals surface area contributed by atoms with Gasteiger partial charge in [-0.15, -0.1) is 0 Å². The van der Waals surface area contributed by atoms with Crippen LogP contribution in [0.3, 0.4) is 0 Å². The zero-order valence-corrected chi connectivity index (χ0v) is 17.6. The molecule has 6 heteroatoms. The predicted molar refractivity (Wildman–Crippen MR) is 121 cm³/mol. The van der Waals surface area contributed by atoms with Crippen LogP contribution in [0.4, 0.5) is 10.1 Å². The molecule has 1 fully saturated rings. The van der Waals surface area contributed by atoms with E-state index < -0.39 is 0 Å². The van der Waals surface area contributed by atoms with Gasteiger partial charge in [0.1, 0.15) is 11.6 Å². The summed E-state index contributed by atoms with van der Waals surface area (Å²) in [6, 6.07) is 14.9. The Morgan fingerprint density at radius 2 is 1.86 bits per heavy atom. The first kappa shape index (κ1) is 20.9. The molecule has 0 aliphatic heterocycles. The van der Waals surface area contributed by atoms with Crippen LogP contribution in [0.15, 0.2) is 48.5 Å². The second kappa shape index (κ2) is 11.3. The van der Waals surface area contributed by atoms with Crippen molar-refractivity contribution in [3.63, 3.8) is 0 Å². The van der Waals surface area contributed by atoms with Gasteiger partial charge in [0.2, 0.25) is 0 Å². The minimum Gasteiger partial charge on any atom is -0.490 e. The third kappa shape index (κ3) is 6.99. The Hall–Kier alpha value is -1.79. The molecule has 28 heavy (non-hydrogen) atoms. The summed E-state index contributed by atoms with van der Waals surface area (Å²) >= 11 is 7.08. The first-order valence-electron chi connectivity index (χ1n) is 9.83. The standard InChI is InChI=1S/C22H27FN2OS2/c23-21-9-4-1-6-17(21)16-28-15-5-14-24-22(27)25-18-10-12-20(13-11-18)26-19-7-2-3-8-19/h1,4,6,9-13,19H,2-3,5,7-8,14-16H2,(H2,24,25,27). The Morgan fingerprint density at radius 1 is 1.11 bits per heavy atom. The minimum atomic E-state index is -0.127. The average Bonchev–Trinajstić information content (AvgIpc) is 3.20. The van der Waals surface area contributed by atoms with Gasteiger partial charge < -0.3 is 15.4 Å².